The quantitative estimate of drug-likeness (QED) is 0.541. The highest BCUT2D eigenvalue weighted by molar-refractivity contribution is 5.61. The van der Waals surface area contributed by atoms with E-state index in [-0.39, 0.29) is 5.82 Å². The van der Waals surface area contributed by atoms with Gasteiger partial charge in [0.1, 0.15) is 24.1 Å². The lowest BCUT2D eigenvalue weighted by molar-refractivity contribution is -0.0549. The average Bonchev–Trinajstić information content (AvgIpc) is 2.83. The van der Waals surface area contributed by atoms with Crippen molar-refractivity contribution in [1.29, 1.82) is 5.26 Å². The highest BCUT2D eigenvalue weighted by atomic mass is 16.6. The second kappa shape index (κ2) is 7.55. The van der Waals surface area contributed by atoms with Crippen molar-refractivity contribution in [2.24, 2.45) is 0 Å². The first kappa shape index (κ1) is 18.1. The lowest BCUT2D eigenvalue weighted by atomic mass is 10.1. The van der Waals surface area contributed by atoms with Crippen LogP contribution >= 0.6 is 0 Å². The number of hydrogen-bond donors (Lipinski definition) is 4. The number of nitrogen functional groups attached to an aromatic ring is 1. The summed E-state index contributed by atoms with van der Waals surface area (Å²) < 4.78 is 6.37. The zero-order chi connectivity index (χ0) is 17.9. The van der Waals surface area contributed by atoms with Crippen LogP contribution in [-0.4, -0.2) is 49.8 Å². The third-order valence-corrected chi connectivity index (χ3v) is 3.84. The second-order valence-corrected chi connectivity index (χ2v) is 5.65. The molecule has 130 valence electrons. The Morgan fingerprint density at radius 2 is 2.25 bits per heavy atom. The number of aliphatic hydroxyl groups is 3. The molecule has 0 unspecified atom stereocenters. The Morgan fingerprint density at radius 1 is 1.54 bits per heavy atom. The summed E-state index contributed by atoms with van der Waals surface area (Å²) in [5.74, 6) is 0.0132. The molecule has 0 aromatic carbocycles. The van der Waals surface area contributed by atoms with Gasteiger partial charge in [0.2, 0.25) is 0 Å². The number of nitriles is 1. The normalized spacial score (nSPS) is 27.2. The lowest BCUT2D eigenvalue weighted by Gasteiger charge is -2.18. The summed E-state index contributed by atoms with van der Waals surface area (Å²) in [6.45, 7) is 1.32. The van der Waals surface area contributed by atoms with Gasteiger partial charge in [-0.1, -0.05) is 11.6 Å². The molecule has 2 heterocycles. The maximum absolute atomic E-state index is 12.1. The monoisotopic (exact) mass is 336 g/mol. The molecular formula is C15H20N4O5. The molecule has 1 aromatic heterocycles. The van der Waals surface area contributed by atoms with Crippen molar-refractivity contribution in [2.75, 3.05) is 12.3 Å². The molecular weight excluding hydrogens is 316 g/mol. The Labute approximate surface area is 138 Å². The van der Waals surface area contributed by atoms with Gasteiger partial charge in [0.05, 0.1) is 12.7 Å². The average molecular weight is 336 g/mol. The van der Waals surface area contributed by atoms with Crippen LogP contribution in [0.4, 0.5) is 5.82 Å². The highest BCUT2D eigenvalue weighted by Gasteiger charge is 2.43. The topological polar surface area (TPSA) is 155 Å². The van der Waals surface area contributed by atoms with Crippen molar-refractivity contribution in [3.63, 3.8) is 0 Å². The summed E-state index contributed by atoms with van der Waals surface area (Å²) in [6, 6.07) is 2.04. The first-order valence-electron chi connectivity index (χ1n) is 7.44. The Hall–Kier alpha value is -2.25. The summed E-state index contributed by atoms with van der Waals surface area (Å²) in [5, 5.41) is 37.6. The smallest absolute Gasteiger partial charge is 0.351 e. The fraction of sp³-hybridized carbons (Fsp3) is 0.533. The van der Waals surface area contributed by atoms with Crippen LogP contribution in [0.15, 0.2) is 16.6 Å². The molecule has 9 nitrogen and oxygen atoms in total. The molecule has 1 saturated heterocycles. The Kier molecular flexibility index (Phi) is 5.69. The van der Waals surface area contributed by atoms with Crippen LogP contribution < -0.4 is 11.4 Å². The number of anilines is 1. The number of ether oxygens (including phenoxy) is 1. The lowest BCUT2D eigenvalue weighted by Crippen LogP contribution is -2.36. The van der Waals surface area contributed by atoms with E-state index in [1.807, 2.05) is 13.0 Å². The van der Waals surface area contributed by atoms with Crippen molar-refractivity contribution in [3.05, 3.63) is 27.8 Å². The fourth-order valence-electron chi connectivity index (χ4n) is 2.49. The van der Waals surface area contributed by atoms with Crippen LogP contribution in [0, 0.1) is 11.3 Å². The fourth-order valence-corrected chi connectivity index (χ4v) is 2.49. The molecule has 4 atom stereocenters. The zero-order valence-electron chi connectivity index (χ0n) is 13.2. The van der Waals surface area contributed by atoms with Crippen LogP contribution in [0.5, 0.6) is 0 Å². The van der Waals surface area contributed by atoms with Gasteiger partial charge in [-0.2, -0.15) is 10.2 Å². The maximum atomic E-state index is 12.1. The molecule has 2 rings (SSSR count). The highest BCUT2D eigenvalue weighted by Crippen LogP contribution is 2.28. The van der Waals surface area contributed by atoms with E-state index in [1.54, 1.807) is 6.08 Å². The summed E-state index contributed by atoms with van der Waals surface area (Å²) in [7, 11) is 0. The third kappa shape index (κ3) is 3.63. The van der Waals surface area contributed by atoms with Gasteiger partial charge in [-0.3, -0.25) is 4.57 Å². The molecule has 0 saturated carbocycles. The second-order valence-electron chi connectivity index (χ2n) is 5.65. The SMILES string of the molecule is C/C(=C\c1cn([C@@H]2O[C@H](CO)[C@@H](O)[C@@H]2O)c(=O)nc1N)CCC#N. The van der Waals surface area contributed by atoms with Gasteiger partial charge in [-0.05, 0) is 13.3 Å². The van der Waals surface area contributed by atoms with Gasteiger partial charge < -0.3 is 25.8 Å². The Balaban J connectivity index is 2.37. The first-order valence-corrected chi connectivity index (χ1v) is 7.44. The largest absolute Gasteiger partial charge is 0.394 e. The third-order valence-electron chi connectivity index (χ3n) is 3.84. The van der Waals surface area contributed by atoms with Crippen molar-refractivity contribution in [2.45, 2.75) is 44.3 Å². The molecule has 0 spiro atoms. The van der Waals surface area contributed by atoms with Crippen LogP contribution in [0.3, 0.4) is 0 Å². The molecule has 9 heteroatoms. The number of nitrogens with zero attached hydrogens (tertiary/aromatic N) is 3. The Morgan fingerprint density at radius 3 is 2.83 bits per heavy atom. The van der Waals surface area contributed by atoms with Gasteiger partial charge in [-0.15, -0.1) is 0 Å². The van der Waals surface area contributed by atoms with Crippen molar-refractivity contribution in [3.8, 4) is 6.07 Å². The van der Waals surface area contributed by atoms with Crippen LogP contribution in [0.25, 0.3) is 6.08 Å². The van der Waals surface area contributed by atoms with Crippen LogP contribution in [0.2, 0.25) is 0 Å². The molecule has 0 bridgehead atoms. The zero-order valence-corrected chi connectivity index (χ0v) is 13.2. The predicted molar refractivity (Wildman–Crippen MR) is 84.4 cm³/mol. The summed E-state index contributed by atoms with van der Waals surface area (Å²) in [4.78, 5) is 15.8. The summed E-state index contributed by atoms with van der Waals surface area (Å²) in [6.07, 6.45) is -0.914. The molecule has 5 N–H and O–H groups in total. The molecule has 1 fully saturated rings. The molecule has 0 radical (unpaired) electrons. The molecule has 0 aliphatic carbocycles. The number of aliphatic hydroxyl groups excluding tert-OH is 3. The van der Waals surface area contributed by atoms with E-state index >= 15 is 0 Å². The Bertz CT molecular complexity index is 724. The minimum atomic E-state index is -1.39. The number of aromatic nitrogens is 2. The van der Waals surface area contributed by atoms with Gasteiger partial charge in [-0.25, -0.2) is 4.79 Å². The predicted octanol–water partition coefficient (Wildman–Crippen LogP) is -0.856. The van der Waals surface area contributed by atoms with Gasteiger partial charge in [0.25, 0.3) is 0 Å². The van der Waals surface area contributed by atoms with E-state index in [9.17, 15) is 15.0 Å². The number of rotatable bonds is 5. The standard InChI is InChI=1S/C15H20N4O5/c1-8(3-2-4-16)5-9-6-19(15(23)18-13(9)17)14-12(22)11(21)10(7-20)24-14/h5-6,10-12,14,20-22H,2-3,7H2,1H3,(H2,17,18,23)/b8-5+/t10-,11-,12+,14-/m1/s1. The van der Waals surface area contributed by atoms with Crippen LogP contribution in [0.1, 0.15) is 31.6 Å². The van der Waals surface area contributed by atoms with Crippen molar-refractivity contribution < 1.29 is 20.1 Å². The van der Waals surface area contributed by atoms with Gasteiger partial charge in [0, 0.05) is 18.2 Å². The number of allylic oxidation sites excluding steroid dienone is 1. The molecule has 1 aliphatic rings. The van der Waals surface area contributed by atoms with Gasteiger partial charge in [0.15, 0.2) is 6.23 Å². The molecule has 0 amide bonds. The maximum Gasteiger partial charge on any atom is 0.351 e. The minimum Gasteiger partial charge on any atom is -0.394 e. The van der Waals surface area contributed by atoms with Crippen LogP contribution in [-0.2, 0) is 4.74 Å². The van der Waals surface area contributed by atoms with Crippen molar-refractivity contribution >= 4 is 11.9 Å². The van der Waals surface area contributed by atoms with Gasteiger partial charge >= 0.3 is 5.69 Å². The molecule has 24 heavy (non-hydrogen) atoms. The molecule has 1 aromatic rings. The van der Waals surface area contributed by atoms with E-state index in [2.05, 4.69) is 4.98 Å². The number of nitrogens with two attached hydrogens (primary N) is 1. The summed E-state index contributed by atoms with van der Waals surface area (Å²) >= 11 is 0. The number of hydrogen-bond acceptors (Lipinski definition) is 8. The van der Waals surface area contributed by atoms with E-state index < -0.39 is 36.8 Å². The van der Waals surface area contributed by atoms with E-state index in [0.29, 0.717) is 18.4 Å². The van der Waals surface area contributed by atoms with E-state index in [4.69, 9.17) is 20.8 Å². The first-order chi connectivity index (χ1) is 11.4. The van der Waals surface area contributed by atoms with E-state index in [1.165, 1.54) is 6.20 Å². The minimum absolute atomic E-state index is 0.0132. The van der Waals surface area contributed by atoms with E-state index in [0.717, 1.165) is 10.1 Å². The summed E-state index contributed by atoms with van der Waals surface area (Å²) in [5.41, 5.74) is 6.32. The molecule has 1 aliphatic heterocycles. The van der Waals surface area contributed by atoms with Crippen molar-refractivity contribution in [1.82, 2.24) is 9.55 Å².